The van der Waals surface area contributed by atoms with Gasteiger partial charge in [0, 0.05) is 24.2 Å². The minimum atomic E-state index is -0.226. The summed E-state index contributed by atoms with van der Waals surface area (Å²) in [6.07, 6.45) is 1.72. The summed E-state index contributed by atoms with van der Waals surface area (Å²) in [6, 6.07) is 6.96. The number of aliphatic hydroxyl groups is 1. The summed E-state index contributed by atoms with van der Waals surface area (Å²) < 4.78 is 5.48. The standard InChI is InChI=1S/C15H20N2O3/c1-10(9-18)3-2-6-17-15(19)14-8-11-7-12(16)4-5-13(11)20-14/h4-5,7-8,10,18H,2-3,6,9,16H2,1H3,(H,17,19). The molecule has 0 fully saturated rings. The number of amides is 1. The lowest BCUT2D eigenvalue weighted by molar-refractivity contribution is 0.0926. The maximum atomic E-state index is 11.9. The van der Waals surface area contributed by atoms with Gasteiger partial charge in [0.2, 0.25) is 0 Å². The van der Waals surface area contributed by atoms with Gasteiger partial charge in [0.05, 0.1) is 0 Å². The number of aliphatic hydroxyl groups excluding tert-OH is 1. The number of fused-ring (bicyclic) bond motifs is 1. The Bertz CT molecular complexity index is 592. The van der Waals surface area contributed by atoms with Crippen molar-refractivity contribution in [2.75, 3.05) is 18.9 Å². The number of nitrogens with one attached hydrogen (secondary N) is 1. The van der Waals surface area contributed by atoms with Crippen molar-refractivity contribution in [3.05, 3.63) is 30.0 Å². The van der Waals surface area contributed by atoms with Gasteiger partial charge in [-0.05, 0) is 43.0 Å². The van der Waals surface area contributed by atoms with Crippen molar-refractivity contribution in [1.29, 1.82) is 0 Å². The summed E-state index contributed by atoms with van der Waals surface area (Å²) in [6.45, 7) is 2.73. The maximum absolute atomic E-state index is 11.9. The lowest BCUT2D eigenvalue weighted by Gasteiger charge is -2.07. The number of carbonyl (C=O) groups is 1. The van der Waals surface area contributed by atoms with Gasteiger partial charge in [0.1, 0.15) is 5.58 Å². The normalized spacial score (nSPS) is 12.5. The average Bonchev–Trinajstić information content (AvgIpc) is 2.86. The molecule has 1 atom stereocenters. The van der Waals surface area contributed by atoms with Crippen LogP contribution in [0.15, 0.2) is 28.7 Å². The van der Waals surface area contributed by atoms with Crippen LogP contribution in [-0.4, -0.2) is 24.2 Å². The third kappa shape index (κ3) is 3.51. The Morgan fingerprint density at radius 2 is 2.25 bits per heavy atom. The third-order valence-electron chi connectivity index (χ3n) is 3.24. The smallest absolute Gasteiger partial charge is 0.287 e. The van der Waals surface area contributed by atoms with E-state index in [9.17, 15) is 4.79 Å². The van der Waals surface area contributed by atoms with E-state index in [-0.39, 0.29) is 18.4 Å². The topological polar surface area (TPSA) is 88.5 Å². The zero-order valence-electron chi connectivity index (χ0n) is 11.6. The van der Waals surface area contributed by atoms with Crippen molar-refractivity contribution in [2.45, 2.75) is 19.8 Å². The molecule has 0 bridgehead atoms. The first-order valence-electron chi connectivity index (χ1n) is 6.78. The minimum Gasteiger partial charge on any atom is -0.451 e. The number of hydrogen-bond acceptors (Lipinski definition) is 4. The second-order valence-corrected chi connectivity index (χ2v) is 5.09. The number of furan rings is 1. The molecule has 20 heavy (non-hydrogen) atoms. The third-order valence-corrected chi connectivity index (χ3v) is 3.24. The molecule has 5 nitrogen and oxygen atoms in total. The van der Waals surface area contributed by atoms with Crippen LogP contribution in [0.3, 0.4) is 0 Å². The Kier molecular flexibility index (Phi) is 4.63. The number of hydrogen-bond donors (Lipinski definition) is 3. The predicted molar refractivity (Wildman–Crippen MR) is 78.4 cm³/mol. The number of rotatable bonds is 6. The van der Waals surface area contributed by atoms with Crippen molar-refractivity contribution >= 4 is 22.6 Å². The Balaban J connectivity index is 1.91. The lowest BCUT2D eigenvalue weighted by Crippen LogP contribution is -2.24. The van der Waals surface area contributed by atoms with Gasteiger partial charge < -0.3 is 20.6 Å². The van der Waals surface area contributed by atoms with Crippen molar-refractivity contribution in [1.82, 2.24) is 5.32 Å². The van der Waals surface area contributed by atoms with Crippen LogP contribution in [0.2, 0.25) is 0 Å². The fourth-order valence-electron chi connectivity index (χ4n) is 2.00. The Hall–Kier alpha value is -2.01. The minimum absolute atomic E-state index is 0.180. The largest absolute Gasteiger partial charge is 0.451 e. The van der Waals surface area contributed by atoms with E-state index in [1.807, 2.05) is 6.92 Å². The molecule has 0 spiro atoms. The van der Waals surface area contributed by atoms with Crippen LogP contribution in [0.25, 0.3) is 11.0 Å². The highest BCUT2D eigenvalue weighted by Gasteiger charge is 2.12. The molecule has 0 aliphatic rings. The molecule has 0 saturated heterocycles. The monoisotopic (exact) mass is 276 g/mol. The van der Waals surface area contributed by atoms with E-state index in [4.69, 9.17) is 15.3 Å². The van der Waals surface area contributed by atoms with Crippen LogP contribution in [0.4, 0.5) is 5.69 Å². The van der Waals surface area contributed by atoms with E-state index < -0.39 is 0 Å². The number of carbonyl (C=O) groups excluding carboxylic acids is 1. The van der Waals surface area contributed by atoms with Gasteiger partial charge in [-0.15, -0.1) is 0 Å². The molecule has 1 amide bonds. The average molecular weight is 276 g/mol. The molecule has 1 unspecified atom stereocenters. The van der Waals surface area contributed by atoms with Gasteiger partial charge in [0.15, 0.2) is 5.76 Å². The molecule has 1 heterocycles. The molecular weight excluding hydrogens is 256 g/mol. The molecule has 4 N–H and O–H groups in total. The number of nitrogen functional groups attached to an aromatic ring is 1. The molecule has 2 aromatic rings. The summed E-state index contributed by atoms with van der Waals surface area (Å²) in [5, 5.41) is 12.5. The van der Waals surface area contributed by atoms with E-state index in [1.54, 1.807) is 24.3 Å². The number of nitrogens with two attached hydrogens (primary N) is 1. The maximum Gasteiger partial charge on any atom is 0.287 e. The Morgan fingerprint density at radius 1 is 1.45 bits per heavy atom. The molecule has 0 saturated carbocycles. The van der Waals surface area contributed by atoms with Crippen molar-refractivity contribution in [2.24, 2.45) is 5.92 Å². The predicted octanol–water partition coefficient (Wildman–Crippen LogP) is 2.15. The highest BCUT2D eigenvalue weighted by molar-refractivity contribution is 5.96. The van der Waals surface area contributed by atoms with Crippen LogP contribution >= 0.6 is 0 Å². The first-order chi connectivity index (χ1) is 9.60. The quantitative estimate of drug-likeness (QED) is 0.557. The summed E-state index contributed by atoms with van der Waals surface area (Å²) in [5.41, 5.74) is 6.98. The van der Waals surface area contributed by atoms with Crippen molar-refractivity contribution in [3.63, 3.8) is 0 Å². The van der Waals surface area contributed by atoms with Crippen molar-refractivity contribution < 1.29 is 14.3 Å². The van der Waals surface area contributed by atoms with Crippen LogP contribution in [0.1, 0.15) is 30.3 Å². The second kappa shape index (κ2) is 6.43. The highest BCUT2D eigenvalue weighted by atomic mass is 16.3. The summed E-state index contributed by atoms with van der Waals surface area (Å²) >= 11 is 0. The van der Waals surface area contributed by atoms with Crippen LogP contribution in [-0.2, 0) is 0 Å². The van der Waals surface area contributed by atoms with Gasteiger partial charge in [-0.1, -0.05) is 6.92 Å². The zero-order chi connectivity index (χ0) is 14.5. The van der Waals surface area contributed by atoms with E-state index in [2.05, 4.69) is 5.32 Å². The van der Waals surface area contributed by atoms with Gasteiger partial charge in [-0.2, -0.15) is 0 Å². The summed E-state index contributed by atoms with van der Waals surface area (Å²) in [4.78, 5) is 11.9. The molecular formula is C15H20N2O3. The van der Waals surface area contributed by atoms with Crippen LogP contribution in [0, 0.1) is 5.92 Å². The first-order valence-corrected chi connectivity index (χ1v) is 6.78. The molecule has 0 aliphatic heterocycles. The van der Waals surface area contributed by atoms with E-state index >= 15 is 0 Å². The second-order valence-electron chi connectivity index (χ2n) is 5.09. The van der Waals surface area contributed by atoms with Gasteiger partial charge in [-0.3, -0.25) is 4.79 Å². The van der Waals surface area contributed by atoms with Gasteiger partial charge in [0.25, 0.3) is 5.91 Å². The van der Waals surface area contributed by atoms with Crippen LogP contribution < -0.4 is 11.1 Å². The molecule has 5 heteroatoms. The van der Waals surface area contributed by atoms with Gasteiger partial charge >= 0.3 is 0 Å². The van der Waals surface area contributed by atoms with Crippen LogP contribution in [0.5, 0.6) is 0 Å². The molecule has 2 rings (SSSR count). The fraction of sp³-hybridized carbons (Fsp3) is 0.400. The molecule has 1 aromatic heterocycles. The summed E-state index contributed by atoms with van der Waals surface area (Å²) in [7, 11) is 0. The SMILES string of the molecule is CC(CO)CCCNC(=O)c1cc2cc(N)ccc2o1. The molecule has 1 aromatic carbocycles. The Morgan fingerprint density at radius 3 is 3.00 bits per heavy atom. The number of anilines is 1. The summed E-state index contributed by atoms with van der Waals surface area (Å²) in [5.74, 6) is 0.332. The lowest BCUT2D eigenvalue weighted by atomic mass is 10.1. The van der Waals surface area contributed by atoms with E-state index in [0.29, 0.717) is 23.6 Å². The van der Waals surface area contributed by atoms with Crippen molar-refractivity contribution in [3.8, 4) is 0 Å². The van der Waals surface area contributed by atoms with Gasteiger partial charge in [-0.25, -0.2) is 0 Å². The highest BCUT2D eigenvalue weighted by Crippen LogP contribution is 2.21. The number of benzene rings is 1. The molecule has 108 valence electrons. The van der Waals surface area contributed by atoms with E-state index in [1.165, 1.54) is 0 Å². The zero-order valence-corrected chi connectivity index (χ0v) is 11.6. The first kappa shape index (κ1) is 14.4. The molecule has 0 aliphatic carbocycles. The Labute approximate surface area is 117 Å². The van der Waals surface area contributed by atoms with E-state index in [0.717, 1.165) is 18.2 Å². The fourth-order valence-corrected chi connectivity index (χ4v) is 2.00. The molecule has 0 radical (unpaired) electrons.